The summed E-state index contributed by atoms with van der Waals surface area (Å²) in [5.74, 6) is -0.507. The van der Waals surface area contributed by atoms with Crippen LogP contribution in [0.4, 0.5) is 5.69 Å². The van der Waals surface area contributed by atoms with Gasteiger partial charge in [0.2, 0.25) is 10.0 Å². The van der Waals surface area contributed by atoms with Crippen molar-refractivity contribution in [3.05, 3.63) is 71.3 Å². The van der Waals surface area contributed by atoms with Crippen molar-refractivity contribution in [3.63, 3.8) is 0 Å². The van der Waals surface area contributed by atoms with Crippen LogP contribution in [-0.2, 0) is 16.6 Å². The zero-order valence-electron chi connectivity index (χ0n) is 17.0. The van der Waals surface area contributed by atoms with Gasteiger partial charge in [-0.25, -0.2) is 13.2 Å². The number of carboxylic acids is 1. The van der Waals surface area contributed by atoms with E-state index in [0.717, 1.165) is 16.7 Å². The van der Waals surface area contributed by atoms with E-state index < -0.39 is 16.0 Å². The minimum Gasteiger partial charge on any atom is -0.487 e. The first-order chi connectivity index (χ1) is 13.6. The van der Waals surface area contributed by atoms with Gasteiger partial charge in [-0.05, 0) is 55.7 Å². The Hall–Kier alpha value is -2.80. The van der Waals surface area contributed by atoms with E-state index in [1.54, 1.807) is 31.2 Å². The summed E-state index contributed by atoms with van der Waals surface area (Å²) in [6, 6.07) is 11.8. The maximum absolute atomic E-state index is 12.9. The van der Waals surface area contributed by atoms with Crippen LogP contribution in [0.3, 0.4) is 0 Å². The predicted molar refractivity (Wildman–Crippen MR) is 115 cm³/mol. The molecule has 0 aromatic heterocycles. The van der Waals surface area contributed by atoms with Crippen LogP contribution in [0.1, 0.15) is 41.8 Å². The van der Waals surface area contributed by atoms with E-state index in [1.807, 2.05) is 19.9 Å². The van der Waals surface area contributed by atoms with Crippen molar-refractivity contribution in [3.8, 4) is 5.75 Å². The minimum absolute atomic E-state index is 0.0320. The Kier molecular flexibility index (Phi) is 7.45. The number of aromatic carboxylic acids is 1. The molecule has 6 nitrogen and oxygen atoms in total. The number of carboxylic acid groups (broad SMARTS) is 1. The van der Waals surface area contributed by atoms with Crippen LogP contribution in [-0.4, -0.2) is 31.8 Å². The van der Waals surface area contributed by atoms with Crippen LogP contribution in [0.25, 0.3) is 0 Å². The van der Waals surface area contributed by atoms with Gasteiger partial charge in [0.15, 0.2) is 0 Å². The molecule has 0 fully saturated rings. The average Bonchev–Trinajstić information content (AvgIpc) is 2.65. The largest absolute Gasteiger partial charge is 0.487 e. The lowest BCUT2D eigenvalue weighted by atomic mass is 10.1. The summed E-state index contributed by atoms with van der Waals surface area (Å²) in [6.07, 6.45) is 0.507. The quantitative estimate of drug-likeness (QED) is 0.580. The topological polar surface area (TPSA) is 83.9 Å². The van der Waals surface area contributed by atoms with Gasteiger partial charge < -0.3 is 9.84 Å². The van der Waals surface area contributed by atoms with Crippen molar-refractivity contribution < 1.29 is 23.1 Å². The van der Waals surface area contributed by atoms with Crippen LogP contribution in [0.15, 0.2) is 54.6 Å². The van der Waals surface area contributed by atoms with Gasteiger partial charge >= 0.3 is 5.97 Å². The molecule has 0 aliphatic heterocycles. The van der Waals surface area contributed by atoms with Crippen LogP contribution < -0.4 is 9.04 Å². The standard InChI is InChI=1S/C22H27NO5S/c1-5-12-29(26,27)23(14-16(2)3)20-11-6-17(4)13-21(20)28-15-18-7-9-19(10-8-18)22(24)25/h6-11,13H,2,5,12,14-15H2,1,3-4H3,(H,24,25). The number of sulfonamides is 1. The Labute approximate surface area is 172 Å². The Morgan fingerprint density at radius 2 is 1.83 bits per heavy atom. The number of nitrogens with zero attached hydrogens (tertiary/aromatic N) is 1. The second kappa shape index (κ2) is 9.60. The summed E-state index contributed by atoms with van der Waals surface area (Å²) in [4.78, 5) is 11.0. The minimum atomic E-state index is -3.53. The summed E-state index contributed by atoms with van der Waals surface area (Å²) < 4.78 is 33.0. The molecule has 2 rings (SSSR count). The summed E-state index contributed by atoms with van der Waals surface area (Å²) in [5.41, 5.74) is 3.11. The molecule has 0 unspecified atom stereocenters. The summed E-state index contributed by atoms with van der Waals surface area (Å²) in [7, 11) is -3.53. The highest BCUT2D eigenvalue weighted by molar-refractivity contribution is 7.92. The van der Waals surface area contributed by atoms with E-state index in [4.69, 9.17) is 9.84 Å². The first kappa shape index (κ1) is 22.5. The molecule has 156 valence electrons. The Morgan fingerprint density at radius 3 is 2.38 bits per heavy atom. The molecule has 0 aliphatic rings. The molecule has 0 amide bonds. The molecule has 0 radical (unpaired) electrons. The lowest BCUT2D eigenvalue weighted by Gasteiger charge is -2.27. The fourth-order valence-corrected chi connectivity index (χ4v) is 4.40. The number of anilines is 1. The highest BCUT2D eigenvalue weighted by Gasteiger charge is 2.25. The lowest BCUT2D eigenvalue weighted by molar-refractivity contribution is 0.0697. The molecule has 0 spiro atoms. The van der Waals surface area contributed by atoms with E-state index in [1.165, 1.54) is 16.4 Å². The smallest absolute Gasteiger partial charge is 0.335 e. The second-order valence-corrected chi connectivity index (χ2v) is 9.05. The van der Waals surface area contributed by atoms with Crippen molar-refractivity contribution in [1.82, 2.24) is 0 Å². The van der Waals surface area contributed by atoms with Crippen molar-refractivity contribution in [2.75, 3.05) is 16.6 Å². The highest BCUT2D eigenvalue weighted by atomic mass is 32.2. The van der Waals surface area contributed by atoms with Crippen molar-refractivity contribution in [1.29, 1.82) is 0 Å². The normalized spacial score (nSPS) is 11.1. The second-order valence-electron chi connectivity index (χ2n) is 7.04. The predicted octanol–water partition coefficient (Wildman–Crippen LogP) is 4.39. The maximum atomic E-state index is 12.9. The third-order valence-electron chi connectivity index (χ3n) is 4.19. The molecule has 0 heterocycles. The summed E-state index contributed by atoms with van der Waals surface area (Å²) in [6.45, 7) is 9.74. The lowest BCUT2D eigenvalue weighted by Crippen LogP contribution is -2.34. The zero-order chi connectivity index (χ0) is 21.6. The van der Waals surface area contributed by atoms with E-state index in [0.29, 0.717) is 17.9 Å². The van der Waals surface area contributed by atoms with Gasteiger partial charge in [0.05, 0.1) is 23.5 Å². The number of benzene rings is 2. The molecular weight excluding hydrogens is 390 g/mol. The maximum Gasteiger partial charge on any atom is 0.335 e. The molecule has 0 saturated heterocycles. The molecule has 29 heavy (non-hydrogen) atoms. The van der Waals surface area contributed by atoms with E-state index in [2.05, 4.69) is 6.58 Å². The van der Waals surface area contributed by atoms with Crippen molar-refractivity contribution in [2.24, 2.45) is 0 Å². The molecule has 1 N–H and O–H groups in total. The third kappa shape index (κ3) is 6.09. The monoisotopic (exact) mass is 417 g/mol. The number of carbonyl (C=O) groups is 1. The van der Waals surface area contributed by atoms with E-state index >= 15 is 0 Å². The molecule has 7 heteroatoms. The number of rotatable bonds is 10. The van der Waals surface area contributed by atoms with Crippen LogP contribution in [0.5, 0.6) is 5.75 Å². The average molecular weight is 418 g/mol. The van der Waals surface area contributed by atoms with Gasteiger partial charge in [-0.3, -0.25) is 4.31 Å². The molecule has 2 aromatic carbocycles. The van der Waals surface area contributed by atoms with Gasteiger partial charge in [0, 0.05) is 0 Å². The summed E-state index contributed by atoms with van der Waals surface area (Å²) >= 11 is 0. The van der Waals surface area contributed by atoms with Gasteiger partial charge in [0.25, 0.3) is 0 Å². The van der Waals surface area contributed by atoms with Crippen molar-refractivity contribution in [2.45, 2.75) is 33.8 Å². The van der Waals surface area contributed by atoms with Gasteiger partial charge in [-0.15, -0.1) is 0 Å². The van der Waals surface area contributed by atoms with Gasteiger partial charge in [-0.1, -0.05) is 37.3 Å². The Bertz CT molecular complexity index is 981. The Balaban J connectivity index is 2.35. The fourth-order valence-electron chi connectivity index (χ4n) is 2.79. The van der Waals surface area contributed by atoms with Crippen LogP contribution in [0, 0.1) is 6.92 Å². The third-order valence-corrected chi connectivity index (χ3v) is 6.11. The first-order valence-corrected chi connectivity index (χ1v) is 11.0. The van der Waals surface area contributed by atoms with Gasteiger partial charge in [0.1, 0.15) is 12.4 Å². The van der Waals surface area contributed by atoms with Gasteiger partial charge in [-0.2, -0.15) is 0 Å². The Morgan fingerprint density at radius 1 is 1.17 bits per heavy atom. The number of ether oxygens (including phenoxy) is 1. The molecule has 0 bridgehead atoms. The fraction of sp³-hybridized carbons (Fsp3) is 0.318. The molecule has 0 atom stereocenters. The molecular formula is C22H27NO5S. The van der Waals surface area contributed by atoms with E-state index in [9.17, 15) is 13.2 Å². The molecule has 0 aliphatic carbocycles. The first-order valence-electron chi connectivity index (χ1n) is 9.34. The van der Waals surface area contributed by atoms with Crippen LogP contribution in [0.2, 0.25) is 0 Å². The number of aryl methyl sites for hydroxylation is 1. The highest BCUT2D eigenvalue weighted by Crippen LogP contribution is 2.33. The van der Waals surface area contributed by atoms with Crippen molar-refractivity contribution >= 4 is 21.7 Å². The molecule has 2 aromatic rings. The number of hydrogen-bond acceptors (Lipinski definition) is 4. The van der Waals surface area contributed by atoms with E-state index in [-0.39, 0.29) is 24.5 Å². The number of hydrogen-bond donors (Lipinski definition) is 1. The zero-order valence-corrected chi connectivity index (χ0v) is 17.8. The molecule has 0 saturated carbocycles. The SMILES string of the molecule is C=C(C)CN(c1ccc(C)cc1OCc1ccc(C(=O)O)cc1)S(=O)(=O)CCC. The van der Waals surface area contributed by atoms with Crippen LogP contribution >= 0.6 is 0 Å². The summed E-state index contributed by atoms with van der Waals surface area (Å²) in [5, 5.41) is 9.00.